The molecule has 0 spiro atoms. The highest BCUT2D eigenvalue weighted by Gasteiger charge is 2.21. The van der Waals surface area contributed by atoms with Gasteiger partial charge in [-0.15, -0.1) is 0 Å². The van der Waals surface area contributed by atoms with E-state index in [1.807, 2.05) is 4.90 Å². The van der Waals surface area contributed by atoms with Gasteiger partial charge in [-0.25, -0.2) is 0 Å². The average Bonchev–Trinajstić information content (AvgIpc) is 2.26. The van der Waals surface area contributed by atoms with Crippen molar-refractivity contribution in [1.29, 1.82) is 5.26 Å². The van der Waals surface area contributed by atoms with Gasteiger partial charge >= 0.3 is 0 Å². The van der Waals surface area contributed by atoms with Gasteiger partial charge in [0.2, 0.25) is 5.91 Å². The maximum atomic E-state index is 11.0. The molecule has 1 saturated heterocycles. The van der Waals surface area contributed by atoms with E-state index in [0.717, 1.165) is 13.1 Å². The van der Waals surface area contributed by atoms with Crippen LogP contribution in [0, 0.1) is 11.3 Å². The van der Waals surface area contributed by atoms with Gasteiger partial charge in [0.05, 0.1) is 6.07 Å². The summed E-state index contributed by atoms with van der Waals surface area (Å²) < 4.78 is 0. The minimum absolute atomic E-state index is 0.0280. The van der Waals surface area contributed by atoms with Crippen LogP contribution >= 0.6 is 0 Å². The lowest BCUT2D eigenvalue weighted by atomic mass is 10.2. The minimum Gasteiger partial charge on any atom is -0.359 e. The SMILES string of the molecule is CNC(=O)CCN1CCNCC1C#N. The molecule has 1 unspecified atom stereocenters. The molecule has 0 aromatic carbocycles. The maximum absolute atomic E-state index is 11.0. The van der Waals surface area contributed by atoms with Gasteiger partial charge in [-0.1, -0.05) is 0 Å². The van der Waals surface area contributed by atoms with Gasteiger partial charge in [0.15, 0.2) is 0 Å². The molecule has 78 valence electrons. The maximum Gasteiger partial charge on any atom is 0.221 e. The second kappa shape index (κ2) is 5.58. The van der Waals surface area contributed by atoms with Crippen molar-refractivity contribution in [2.75, 3.05) is 33.2 Å². The standard InChI is InChI=1S/C9H16N4O/c1-11-9(14)2-4-13-5-3-12-7-8(13)6-10/h8,12H,2-5,7H2,1H3,(H,11,14). The number of nitriles is 1. The van der Waals surface area contributed by atoms with Gasteiger partial charge in [0.1, 0.15) is 6.04 Å². The van der Waals surface area contributed by atoms with Gasteiger partial charge in [0.25, 0.3) is 0 Å². The molecule has 5 heteroatoms. The van der Waals surface area contributed by atoms with Crippen LogP contribution < -0.4 is 10.6 Å². The van der Waals surface area contributed by atoms with Crippen molar-refractivity contribution in [2.24, 2.45) is 0 Å². The normalized spacial score (nSPS) is 22.7. The zero-order valence-corrected chi connectivity index (χ0v) is 8.42. The number of nitrogens with zero attached hydrogens (tertiary/aromatic N) is 2. The Morgan fingerprint density at radius 1 is 1.79 bits per heavy atom. The van der Waals surface area contributed by atoms with Crippen molar-refractivity contribution in [3.63, 3.8) is 0 Å². The molecule has 0 aromatic rings. The van der Waals surface area contributed by atoms with Crippen LogP contribution in [0.3, 0.4) is 0 Å². The molecule has 0 saturated carbocycles. The van der Waals surface area contributed by atoms with E-state index in [-0.39, 0.29) is 11.9 Å². The molecule has 1 amide bonds. The van der Waals surface area contributed by atoms with E-state index in [0.29, 0.717) is 19.5 Å². The van der Waals surface area contributed by atoms with E-state index in [2.05, 4.69) is 16.7 Å². The topological polar surface area (TPSA) is 68.2 Å². The van der Waals surface area contributed by atoms with Crippen molar-refractivity contribution in [3.05, 3.63) is 0 Å². The largest absolute Gasteiger partial charge is 0.359 e. The summed E-state index contributed by atoms with van der Waals surface area (Å²) in [6.07, 6.45) is 0.467. The third-order valence-corrected chi connectivity index (χ3v) is 2.41. The van der Waals surface area contributed by atoms with Crippen LogP contribution in [0.25, 0.3) is 0 Å². The first-order valence-corrected chi connectivity index (χ1v) is 4.83. The number of amides is 1. The number of carbonyl (C=O) groups is 1. The summed E-state index contributed by atoms with van der Waals surface area (Å²) in [4.78, 5) is 13.1. The van der Waals surface area contributed by atoms with E-state index in [1.54, 1.807) is 7.05 Å². The van der Waals surface area contributed by atoms with Crippen LogP contribution in [0.1, 0.15) is 6.42 Å². The van der Waals surface area contributed by atoms with Gasteiger partial charge in [-0.3, -0.25) is 9.69 Å². The molecule has 14 heavy (non-hydrogen) atoms. The highest BCUT2D eigenvalue weighted by molar-refractivity contribution is 5.75. The molecule has 0 radical (unpaired) electrons. The highest BCUT2D eigenvalue weighted by atomic mass is 16.1. The fourth-order valence-electron chi connectivity index (χ4n) is 1.51. The Balaban J connectivity index is 2.34. The van der Waals surface area contributed by atoms with Crippen molar-refractivity contribution < 1.29 is 4.79 Å². The van der Waals surface area contributed by atoms with E-state index in [4.69, 9.17) is 5.26 Å². The Labute approximate surface area is 84.1 Å². The van der Waals surface area contributed by atoms with E-state index >= 15 is 0 Å². The van der Waals surface area contributed by atoms with Crippen molar-refractivity contribution >= 4 is 5.91 Å². The molecule has 2 N–H and O–H groups in total. The van der Waals surface area contributed by atoms with Crippen LogP contribution in [0.4, 0.5) is 0 Å². The summed E-state index contributed by atoms with van der Waals surface area (Å²) in [6.45, 7) is 3.10. The first-order valence-electron chi connectivity index (χ1n) is 4.83. The minimum atomic E-state index is -0.0894. The van der Waals surface area contributed by atoms with E-state index in [9.17, 15) is 4.79 Å². The fraction of sp³-hybridized carbons (Fsp3) is 0.778. The average molecular weight is 196 g/mol. The van der Waals surface area contributed by atoms with Gasteiger partial charge < -0.3 is 10.6 Å². The molecular formula is C9H16N4O. The summed E-state index contributed by atoms with van der Waals surface area (Å²) >= 11 is 0. The zero-order valence-electron chi connectivity index (χ0n) is 8.42. The number of piperazine rings is 1. The third-order valence-electron chi connectivity index (χ3n) is 2.41. The Morgan fingerprint density at radius 2 is 2.57 bits per heavy atom. The fourth-order valence-corrected chi connectivity index (χ4v) is 1.51. The number of nitrogens with one attached hydrogen (secondary N) is 2. The van der Waals surface area contributed by atoms with Gasteiger partial charge in [-0.05, 0) is 0 Å². The number of hydrogen-bond acceptors (Lipinski definition) is 4. The lowest BCUT2D eigenvalue weighted by Gasteiger charge is -2.31. The molecule has 0 bridgehead atoms. The van der Waals surface area contributed by atoms with Crippen LogP contribution in [-0.2, 0) is 4.79 Å². The quantitative estimate of drug-likeness (QED) is 0.602. The molecule has 0 aromatic heterocycles. The predicted octanol–water partition coefficient (Wildman–Crippen LogP) is -1.08. The molecule has 1 aliphatic heterocycles. The van der Waals surface area contributed by atoms with E-state index in [1.165, 1.54) is 0 Å². The van der Waals surface area contributed by atoms with Crippen molar-refractivity contribution in [2.45, 2.75) is 12.5 Å². The molecule has 0 aliphatic carbocycles. The monoisotopic (exact) mass is 196 g/mol. The number of hydrogen-bond donors (Lipinski definition) is 2. The first-order chi connectivity index (χ1) is 6.77. The third kappa shape index (κ3) is 2.98. The molecule has 1 aliphatic rings. The molecular weight excluding hydrogens is 180 g/mol. The summed E-state index contributed by atoms with van der Waals surface area (Å²) in [7, 11) is 1.63. The van der Waals surface area contributed by atoms with Crippen molar-refractivity contribution in [1.82, 2.24) is 15.5 Å². The Bertz CT molecular complexity index is 235. The Hall–Kier alpha value is -1.12. The summed E-state index contributed by atoms with van der Waals surface area (Å²) in [5.74, 6) is 0.0280. The second-order valence-corrected chi connectivity index (χ2v) is 3.31. The molecule has 1 rings (SSSR count). The van der Waals surface area contributed by atoms with Crippen LogP contribution in [0.5, 0.6) is 0 Å². The zero-order chi connectivity index (χ0) is 10.4. The Kier molecular flexibility index (Phi) is 4.36. The van der Waals surface area contributed by atoms with E-state index < -0.39 is 0 Å². The predicted molar refractivity (Wildman–Crippen MR) is 52.5 cm³/mol. The molecule has 1 heterocycles. The second-order valence-electron chi connectivity index (χ2n) is 3.31. The van der Waals surface area contributed by atoms with Gasteiger partial charge in [0, 0.05) is 39.6 Å². The highest BCUT2D eigenvalue weighted by Crippen LogP contribution is 2.02. The van der Waals surface area contributed by atoms with Crippen LogP contribution in [-0.4, -0.2) is 50.1 Å². The van der Waals surface area contributed by atoms with Crippen molar-refractivity contribution in [3.8, 4) is 6.07 Å². The smallest absolute Gasteiger partial charge is 0.221 e. The number of rotatable bonds is 3. The molecule has 1 atom stereocenters. The van der Waals surface area contributed by atoms with Crippen LogP contribution in [0.15, 0.2) is 0 Å². The summed E-state index contributed by atoms with van der Waals surface area (Å²) in [5, 5.41) is 14.6. The number of carbonyl (C=O) groups excluding carboxylic acids is 1. The van der Waals surface area contributed by atoms with Crippen LogP contribution in [0.2, 0.25) is 0 Å². The first kappa shape index (κ1) is 11.0. The lowest BCUT2D eigenvalue weighted by molar-refractivity contribution is -0.121. The lowest BCUT2D eigenvalue weighted by Crippen LogP contribution is -2.51. The molecule has 5 nitrogen and oxygen atoms in total. The Morgan fingerprint density at radius 3 is 3.21 bits per heavy atom. The van der Waals surface area contributed by atoms with Gasteiger partial charge in [-0.2, -0.15) is 5.26 Å². The summed E-state index contributed by atoms with van der Waals surface area (Å²) in [6, 6.07) is 2.14. The molecule has 1 fully saturated rings. The summed E-state index contributed by atoms with van der Waals surface area (Å²) in [5.41, 5.74) is 0.